The second kappa shape index (κ2) is 4.01. The zero-order valence-corrected chi connectivity index (χ0v) is 9.18. The lowest BCUT2D eigenvalue weighted by atomic mass is 10.2. The molecule has 0 fully saturated rings. The number of aromatic nitrogens is 2. The molecule has 0 radical (unpaired) electrons. The number of fused-ring (bicyclic) bond motifs is 1. The Bertz CT molecular complexity index is 644. The first kappa shape index (κ1) is 10.0. The molecule has 0 aliphatic carbocycles. The van der Waals surface area contributed by atoms with Crippen molar-refractivity contribution < 1.29 is 4.39 Å². The number of rotatable bonds is 2. The average Bonchev–Trinajstić information content (AvgIpc) is 2.73. The van der Waals surface area contributed by atoms with Gasteiger partial charge in [-0.25, -0.2) is 4.39 Å². The minimum absolute atomic E-state index is 0.205. The van der Waals surface area contributed by atoms with Crippen LogP contribution in [0, 0.1) is 5.82 Å². The molecule has 3 aromatic rings. The second-order valence-corrected chi connectivity index (χ2v) is 4.01. The summed E-state index contributed by atoms with van der Waals surface area (Å²) >= 11 is 0. The van der Waals surface area contributed by atoms with Crippen molar-refractivity contribution in [3.05, 3.63) is 66.4 Å². The summed E-state index contributed by atoms with van der Waals surface area (Å²) in [4.78, 5) is 4.08. The Labute approximate surface area is 98.3 Å². The van der Waals surface area contributed by atoms with Crippen LogP contribution in [0.1, 0.15) is 5.56 Å². The van der Waals surface area contributed by atoms with Gasteiger partial charge in [0.05, 0.1) is 5.52 Å². The fourth-order valence-electron chi connectivity index (χ4n) is 1.98. The third-order valence-corrected chi connectivity index (χ3v) is 2.81. The molecule has 0 bridgehead atoms. The molecule has 0 saturated heterocycles. The van der Waals surface area contributed by atoms with Crippen molar-refractivity contribution in [1.82, 2.24) is 9.55 Å². The smallest absolute Gasteiger partial charge is 0.125 e. The summed E-state index contributed by atoms with van der Waals surface area (Å²) in [5, 5.41) is 1.05. The quantitative estimate of drug-likeness (QED) is 0.656. The van der Waals surface area contributed by atoms with Crippen molar-refractivity contribution in [3.8, 4) is 0 Å². The zero-order chi connectivity index (χ0) is 11.7. The summed E-state index contributed by atoms with van der Waals surface area (Å²) in [6.07, 6.45) is 5.54. The normalized spacial score (nSPS) is 10.9. The summed E-state index contributed by atoms with van der Waals surface area (Å²) in [6.45, 7) is 0.709. The average molecular weight is 226 g/mol. The number of nitrogens with zero attached hydrogens (tertiary/aromatic N) is 2. The molecule has 0 aliphatic heterocycles. The van der Waals surface area contributed by atoms with Crippen molar-refractivity contribution in [2.24, 2.45) is 0 Å². The van der Waals surface area contributed by atoms with Gasteiger partial charge in [0.15, 0.2) is 0 Å². The maximum absolute atomic E-state index is 13.2. The molecule has 0 saturated carbocycles. The van der Waals surface area contributed by atoms with Crippen molar-refractivity contribution in [2.45, 2.75) is 6.54 Å². The highest BCUT2D eigenvalue weighted by molar-refractivity contribution is 5.80. The molecule has 0 amide bonds. The molecule has 0 N–H and O–H groups in total. The van der Waals surface area contributed by atoms with Gasteiger partial charge in [-0.05, 0) is 41.3 Å². The van der Waals surface area contributed by atoms with Crippen LogP contribution >= 0.6 is 0 Å². The Morgan fingerprint density at radius 2 is 2.12 bits per heavy atom. The van der Waals surface area contributed by atoms with Crippen molar-refractivity contribution in [2.75, 3.05) is 0 Å². The third kappa shape index (κ3) is 1.91. The van der Waals surface area contributed by atoms with Crippen LogP contribution < -0.4 is 0 Å². The molecule has 3 rings (SSSR count). The summed E-state index contributed by atoms with van der Waals surface area (Å²) in [5.41, 5.74) is 2.02. The zero-order valence-electron chi connectivity index (χ0n) is 9.18. The Kier molecular flexibility index (Phi) is 2.37. The molecule has 2 aromatic heterocycles. The molecule has 84 valence electrons. The van der Waals surface area contributed by atoms with E-state index in [0.717, 1.165) is 16.5 Å². The van der Waals surface area contributed by atoms with Gasteiger partial charge < -0.3 is 4.57 Å². The monoisotopic (exact) mass is 226 g/mol. The molecular formula is C14H11FN2. The Hall–Kier alpha value is -2.16. The van der Waals surface area contributed by atoms with E-state index in [-0.39, 0.29) is 5.82 Å². The molecule has 0 unspecified atom stereocenters. The maximum Gasteiger partial charge on any atom is 0.125 e. The van der Waals surface area contributed by atoms with Gasteiger partial charge in [0.1, 0.15) is 5.82 Å². The van der Waals surface area contributed by atoms with Gasteiger partial charge in [0.25, 0.3) is 0 Å². The largest absolute Gasteiger partial charge is 0.343 e. The number of pyridine rings is 1. The van der Waals surface area contributed by atoms with Crippen LogP contribution in [0.2, 0.25) is 0 Å². The van der Waals surface area contributed by atoms with Crippen LogP contribution in [0.15, 0.2) is 55.0 Å². The van der Waals surface area contributed by atoms with Crippen molar-refractivity contribution in [1.29, 1.82) is 0 Å². The van der Waals surface area contributed by atoms with Gasteiger partial charge >= 0.3 is 0 Å². The summed E-state index contributed by atoms with van der Waals surface area (Å²) in [5.74, 6) is -0.205. The first-order valence-electron chi connectivity index (χ1n) is 5.46. The van der Waals surface area contributed by atoms with Crippen LogP contribution in [-0.2, 0) is 6.54 Å². The van der Waals surface area contributed by atoms with E-state index in [1.807, 2.05) is 35.2 Å². The van der Waals surface area contributed by atoms with Crippen molar-refractivity contribution in [3.63, 3.8) is 0 Å². The van der Waals surface area contributed by atoms with Crippen LogP contribution in [-0.4, -0.2) is 9.55 Å². The Balaban J connectivity index is 2.03. The van der Waals surface area contributed by atoms with E-state index in [2.05, 4.69) is 4.98 Å². The fraction of sp³-hybridized carbons (Fsp3) is 0.0714. The molecule has 0 spiro atoms. The lowest BCUT2D eigenvalue weighted by Crippen LogP contribution is -1.98. The van der Waals surface area contributed by atoms with E-state index in [1.165, 1.54) is 6.07 Å². The number of hydrogen-bond donors (Lipinski definition) is 0. The van der Waals surface area contributed by atoms with Crippen LogP contribution in [0.4, 0.5) is 4.39 Å². The first-order chi connectivity index (χ1) is 8.33. The van der Waals surface area contributed by atoms with Crippen molar-refractivity contribution >= 4 is 10.9 Å². The lowest BCUT2D eigenvalue weighted by Gasteiger charge is -2.05. The van der Waals surface area contributed by atoms with Crippen LogP contribution in [0.5, 0.6) is 0 Å². The van der Waals surface area contributed by atoms with E-state index >= 15 is 0 Å². The lowest BCUT2D eigenvalue weighted by molar-refractivity contribution is 0.628. The molecule has 0 atom stereocenters. The standard InChI is InChI=1S/C14H11FN2/c15-13-4-3-12-5-7-17(14(12)8-13)10-11-2-1-6-16-9-11/h1-9H,10H2. The van der Waals surface area contributed by atoms with Gasteiger partial charge in [-0.3, -0.25) is 4.98 Å². The SMILES string of the molecule is Fc1ccc2ccn(Cc3cccnc3)c2c1. The fourth-order valence-corrected chi connectivity index (χ4v) is 1.98. The Morgan fingerprint density at radius 3 is 2.94 bits per heavy atom. The van der Waals surface area contributed by atoms with E-state index in [0.29, 0.717) is 6.54 Å². The molecule has 1 aromatic carbocycles. The van der Waals surface area contributed by atoms with E-state index < -0.39 is 0 Å². The molecule has 17 heavy (non-hydrogen) atoms. The predicted octanol–water partition coefficient (Wildman–Crippen LogP) is 3.22. The number of halogens is 1. The molecule has 0 aliphatic rings. The second-order valence-electron chi connectivity index (χ2n) is 4.01. The van der Waals surface area contributed by atoms with Crippen LogP contribution in [0.25, 0.3) is 10.9 Å². The highest BCUT2D eigenvalue weighted by Gasteiger charge is 2.02. The summed E-state index contributed by atoms with van der Waals surface area (Å²) in [6, 6.07) is 10.7. The minimum atomic E-state index is -0.205. The maximum atomic E-state index is 13.2. The van der Waals surface area contributed by atoms with Gasteiger partial charge in [0.2, 0.25) is 0 Å². The molecule has 2 nitrogen and oxygen atoms in total. The Morgan fingerprint density at radius 1 is 1.18 bits per heavy atom. The highest BCUT2D eigenvalue weighted by atomic mass is 19.1. The van der Waals surface area contributed by atoms with Gasteiger partial charge in [-0.2, -0.15) is 0 Å². The topological polar surface area (TPSA) is 17.8 Å². The van der Waals surface area contributed by atoms with Gasteiger partial charge in [-0.1, -0.05) is 6.07 Å². The van der Waals surface area contributed by atoms with Gasteiger partial charge in [0, 0.05) is 25.1 Å². The highest BCUT2D eigenvalue weighted by Crippen LogP contribution is 2.18. The predicted molar refractivity (Wildman–Crippen MR) is 65.2 cm³/mol. The molecule has 2 heterocycles. The minimum Gasteiger partial charge on any atom is -0.343 e. The van der Waals surface area contributed by atoms with Crippen LogP contribution in [0.3, 0.4) is 0 Å². The van der Waals surface area contributed by atoms with Gasteiger partial charge in [-0.15, -0.1) is 0 Å². The molecular weight excluding hydrogens is 215 g/mol. The first-order valence-corrected chi connectivity index (χ1v) is 5.46. The van der Waals surface area contributed by atoms with E-state index in [1.54, 1.807) is 18.3 Å². The molecule has 3 heteroatoms. The van der Waals surface area contributed by atoms with E-state index in [9.17, 15) is 4.39 Å². The summed E-state index contributed by atoms with van der Waals surface area (Å²) < 4.78 is 15.2. The number of benzene rings is 1. The van der Waals surface area contributed by atoms with E-state index in [4.69, 9.17) is 0 Å². The summed E-state index contributed by atoms with van der Waals surface area (Å²) in [7, 11) is 0. The third-order valence-electron chi connectivity index (χ3n) is 2.81. The number of hydrogen-bond acceptors (Lipinski definition) is 1.